The summed E-state index contributed by atoms with van der Waals surface area (Å²) in [5, 5.41) is 11.7. The van der Waals surface area contributed by atoms with Crippen molar-refractivity contribution in [2.75, 3.05) is 0 Å². The summed E-state index contributed by atoms with van der Waals surface area (Å²) in [4.78, 5) is 0. The van der Waals surface area contributed by atoms with E-state index in [4.69, 9.17) is 0 Å². The Morgan fingerprint density at radius 1 is 1.00 bits per heavy atom. The molecule has 0 bridgehead atoms. The number of aromatic hydroxyl groups is 1. The van der Waals surface area contributed by atoms with E-state index in [1.54, 1.807) is 12.1 Å². The molecular formula is C10H6I2O. The molecule has 0 heterocycles. The molecule has 0 amide bonds. The molecular weight excluding hydrogens is 390 g/mol. The van der Waals surface area contributed by atoms with Gasteiger partial charge in [-0.25, -0.2) is 0 Å². The van der Waals surface area contributed by atoms with Crippen molar-refractivity contribution in [3.05, 3.63) is 37.5 Å². The molecule has 0 aliphatic carbocycles. The van der Waals surface area contributed by atoms with Crippen molar-refractivity contribution in [3.63, 3.8) is 0 Å². The highest BCUT2D eigenvalue weighted by Crippen LogP contribution is 2.29. The van der Waals surface area contributed by atoms with Crippen molar-refractivity contribution in [3.8, 4) is 5.75 Å². The number of hydrogen-bond donors (Lipinski definition) is 1. The van der Waals surface area contributed by atoms with Crippen LogP contribution in [0.1, 0.15) is 0 Å². The van der Waals surface area contributed by atoms with Gasteiger partial charge in [0.15, 0.2) is 0 Å². The Bertz CT molecular complexity index is 466. The second-order valence-electron chi connectivity index (χ2n) is 2.77. The van der Waals surface area contributed by atoms with Crippen LogP contribution in [-0.4, -0.2) is 5.11 Å². The number of hydrogen-bond acceptors (Lipinski definition) is 1. The number of fused-ring (bicyclic) bond motifs is 1. The fourth-order valence-electron chi connectivity index (χ4n) is 1.32. The number of rotatable bonds is 0. The molecule has 0 aliphatic rings. The third kappa shape index (κ3) is 1.76. The van der Waals surface area contributed by atoms with Crippen LogP contribution >= 0.6 is 45.2 Å². The fourth-order valence-corrected chi connectivity index (χ4v) is 3.56. The lowest BCUT2D eigenvalue weighted by molar-refractivity contribution is 0.476. The minimum absolute atomic E-state index is 0.332. The Morgan fingerprint density at radius 3 is 2.54 bits per heavy atom. The van der Waals surface area contributed by atoms with Gasteiger partial charge in [-0.15, -0.1) is 0 Å². The van der Waals surface area contributed by atoms with Gasteiger partial charge in [-0.2, -0.15) is 0 Å². The normalized spacial score (nSPS) is 10.6. The van der Waals surface area contributed by atoms with Crippen molar-refractivity contribution in [2.45, 2.75) is 0 Å². The first-order chi connectivity index (χ1) is 6.18. The molecule has 1 nitrogen and oxygen atoms in total. The highest BCUT2D eigenvalue weighted by Gasteiger charge is 2.03. The summed E-state index contributed by atoms with van der Waals surface area (Å²) in [6, 6.07) is 9.66. The van der Waals surface area contributed by atoms with E-state index >= 15 is 0 Å². The van der Waals surface area contributed by atoms with Gasteiger partial charge in [-0.1, -0.05) is 12.1 Å². The zero-order valence-electron chi connectivity index (χ0n) is 6.59. The third-order valence-corrected chi connectivity index (χ3v) is 3.61. The van der Waals surface area contributed by atoms with E-state index in [1.165, 1.54) is 8.96 Å². The van der Waals surface area contributed by atoms with E-state index in [0.29, 0.717) is 5.75 Å². The molecule has 2 aromatic carbocycles. The van der Waals surface area contributed by atoms with Crippen LogP contribution in [0.2, 0.25) is 0 Å². The van der Waals surface area contributed by atoms with Crippen LogP contribution in [0.4, 0.5) is 0 Å². The van der Waals surface area contributed by atoms with Crippen LogP contribution in [0.5, 0.6) is 5.75 Å². The minimum Gasteiger partial charge on any atom is -0.508 e. The second kappa shape index (κ2) is 3.61. The molecule has 66 valence electrons. The number of benzene rings is 2. The van der Waals surface area contributed by atoms with E-state index in [0.717, 1.165) is 8.96 Å². The van der Waals surface area contributed by atoms with Crippen molar-refractivity contribution in [1.29, 1.82) is 0 Å². The average molecular weight is 396 g/mol. The van der Waals surface area contributed by atoms with Gasteiger partial charge in [-0.3, -0.25) is 0 Å². The largest absolute Gasteiger partial charge is 0.508 e. The van der Waals surface area contributed by atoms with E-state index in [2.05, 4.69) is 51.2 Å². The Labute approximate surface area is 103 Å². The van der Waals surface area contributed by atoms with Gasteiger partial charge in [0.2, 0.25) is 0 Å². The minimum atomic E-state index is 0.332. The van der Waals surface area contributed by atoms with E-state index in [9.17, 15) is 5.11 Å². The second-order valence-corrected chi connectivity index (χ2v) is 5.09. The molecule has 13 heavy (non-hydrogen) atoms. The molecule has 0 spiro atoms. The van der Waals surface area contributed by atoms with Crippen LogP contribution in [0.3, 0.4) is 0 Å². The Hall–Kier alpha value is -0.0400. The number of phenolic OH excluding ortho intramolecular Hbond substituents is 1. The molecule has 0 aromatic heterocycles. The quantitative estimate of drug-likeness (QED) is 0.673. The van der Waals surface area contributed by atoms with Gasteiger partial charge in [-0.05, 0) is 68.8 Å². The van der Waals surface area contributed by atoms with Gasteiger partial charge in [0.05, 0.1) is 0 Å². The first kappa shape index (κ1) is 9.51. The molecule has 2 aromatic rings. The SMILES string of the molecule is Oc1cc(I)c2c(I)cccc2c1. The fraction of sp³-hybridized carbons (Fsp3) is 0. The average Bonchev–Trinajstić information content (AvgIpc) is 2.02. The van der Waals surface area contributed by atoms with Gasteiger partial charge >= 0.3 is 0 Å². The monoisotopic (exact) mass is 396 g/mol. The maximum Gasteiger partial charge on any atom is 0.117 e. The lowest BCUT2D eigenvalue weighted by Gasteiger charge is -2.03. The summed E-state index contributed by atoms with van der Waals surface area (Å²) in [5.74, 6) is 0.332. The first-order valence-corrected chi connectivity index (χ1v) is 5.91. The molecule has 3 heteroatoms. The van der Waals surface area contributed by atoms with E-state index in [-0.39, 0.29) is 0 Å². The number of phenols is 1. The Kier molecular flexibility index (Phi) is 2.64. The maximum atomic E-state index is 9.39. The summed E-state index contributed by atoms with van der Waals surface area (Å²) in [6.45, 7) is 0. The molecule has 0 unspecified atom stereocenters. The van der Waals surface area contributed by atoms with E-state index < -0.39 is 0 Å². The van der Waals surface area contributed by atoms with Crippen LogP contribution in [-0.2, 0) is 0 Å². The predicted octanol–water partition coefficient (Wildman–Crippen LogP) is 3.75. The summed E-state index contributed by atoms with van der Waals surface area (Å²) in [5.41, 5.74) is 0. The molecule has 0 saturated heterocycles. The Morgan fingerprint density at radius 2 is 1.77 bits per heavy atom. The topological polar surface area (TPSA) is 20.2 Å². The van der Waals surface area contributed by atoms with Crippen LogP contribution < -0.4 is 0 Å². The molecule has 0 radical (unpaired) electrons. The standard InChI is InChI=1S/C10H6I2O/c11-8-3-1-2-6-4-7(13)5-9(12)10(6)8/h1-5,13H. The zero-order chi connectivity index (χ0) is 9.42. The number of halogens is 2. The molecule has 2 rings (SSSR count). The Balaban J connectivity index is 2.94. The molecule has 1 N–H and O–H groups in total. The summed E-state index contributed by atoms with van der Waals surface area (Å²) >= 11 is 4.55. The lowest BCUT2D eigenvalue weighted by Crippen LogP contribution is -1.81. The van der Waals surface area contributed by atoms with Crippen LogP contribution in [0.25, 0.3) is 10.8 Å². The van der Waals surface area contributed by atoms with Crippen molar-refractivity contribution in [1.82, 2.24) is 0 Å². The summed E-state index contributed by atoms with van der Waals surface area (Å²) in [6.07, 6.45) is 0. The van der Waals surface area contributed by atoms with Gasteiger partial charge in [0.25, 0.3) is 0 Å². The molecule has 0 aliphatic heterocycles. The molecule has 0 fully saturated rings. The summed E-state index contributed by atoms with van der Waals surface area (Å²) < 4.78 is 2.32. The highest BCUT2D eigenvalue weighted by atomic mass is 127. The van der Waals surface area contributed by atoms with Gasteiger partial charge in [0, 0.05) is 12.5 Å². The van der Waals surface area contributed by atoms with Gasteiger partial charge in [0.1, 0.15) is 5.75 Å². The maximum absolute atomic E-state index is 9.39. The third-order valence-electron chi connectivity index (χ3n) is 1.86. The first-order valence-electron chi connectivity index (χ1n) is 3.75. The van der Waals surface area contributed by atoms with Crippen LogP contribution in [0.15, 0.2) is 30.3 Å². The highest BCUT2D eigenvalue weighted by molar-refractivity contribution is 14.1. The van der Waals surface area contributed by atoms with Crippen molar-refractivity contribution < 1.29 is 5.11 Å². The van der Waals surface area contributed by atoms with Crippen molar-refractivity contribution in [2.24, 2.45) is 0 Å². The lowest BCUT2D eigenvalue weighted by atomic mass is 10.1. The summed E-state index contributed by atoms with van der Waals surface area (Å²) in [7, 11) is 0. The van der Waals surface area contributed by atoms with Gasteiger partial charge < -0.3 is 5.11 Å². The van der Waals surface area contributed by atoms with Crippen LogP contribution in [0, 0.1) is 7.14 Å². The zero-order valence-corrected chi connectivity index (χ0v) is 10.9. The molecule has 0 atom stereocenters. The smallest absolute Gasteiger partial charge is 0.117 e. The molecule has 0 saturated carbocycles. The van der Waals surface area contributed by atoms with E-state index in [1.807, 2.05) is 12.1 Å². The van der Waals surface area contributed by atoms with Crippen molar-refractivity contribution >= 4 is 56.0 Å². The predicted molar refractivity (Wildman–Crippen MR) is 71.0 cm³/mol.